The minimum absolute atomic E-state index is 0.0781. The van der Waals surface area contributed by atoms with Crippen LogP contribution < -0.4 is 5.73 Å². The molecule has 7 heavy (non-hydrogen) atoms. The largest absolute Gasteiger partial charge is 0.378 e. The molecule has 0 aliphatic heterocycles. The van der Waals surface area contributed by atoms with E-state index in [4.69, 9.17) is 4.74 Å². The molecule has 3 N–H and O–H groups in total. The quantitative estimate of drug-likeness (QED) is 0.511. The Morgan fingerprint density at radius 1 is 1.57 bits per heavy atom. The van der Waals surface area contributed by atoms with Crippen molar-refractivity contribution in [3.8, 4) is 0 Å². The molecule has 0 rings (SSSR count). The monoisotopic (exact) mass is 104 g/mol. The Morgan fingerprint density at radius 3 is 2.00 bits per heavy atom. The maximum Gasteiger partial charge on any atom is 0.112 e. The fraction of sp³-hybridized carbons (Fsp3) is 1.00. The van der Waals surface area contributed by atoms with E-state index in [2.05, 4.69) is 5.73 Å². The molecule has 0 aliphatic carbocycles. The first-order valence-corrected chi connectivity index (χ1v) is 2.40. The summed E-state index contributed by atoms with van der Waals surface area (Å²) in [6.45, 7) is 4.81. The van der Waals surface area contributed by atoms with Crippen LogP contribution in [0, 0.1) is 0 Å². The highest BCUT2D eigenvalue weighted by molar-refractivity contribution is 4.58. The molecule has 2 heteroatoms. The lowest BCUT2D eigenvalue weighted by Crippen LogP contribution is -2.71. The maximum atomic E-state index is 4.84. The molecule has 0 bridgehead atoms. The maximum absolute atomic E-state index is 4.84. The zero-order chi connectivity index (χ0) is 5.91. The van der Waals surface area contributed by atoms with E-state index in [-0.39, 0.29) is 5.54 Å². The van der Waals surface area contributed by atoms with Crippen molar-refractivity contribution in [2.45, 2.75) is 19.4 Å². The van der Waals surface area contributed by atoms with Gasteiger partial charge in [-0.2, -0.15) is 0 Å². The molecule has 0 spiro atoms. The summed E-state index contributed by atoms with van der Waals surface area (Å²) in [5, 5.41) is 0. The third-order valence-electron chi connectivity index (χ3n) is 0.535. The van der Waals surface area contributed by atoms with Crippen molar-refractivity contribution < 1.29 is 10.5 Å². The van der Waals surface area contributed by atoms with E-state index in [1.54, 1.807) is 7.11 Å². The Balaban J connectivity index is 3.15. The van der Waals surface area contributed by atoms with Gasteiger partial charge in [0, 0.05) is 7.11 Å². The zero-order valence-corrected chi connectivity index (χ0v) is 5.32. The molecule has 44 valence electrons. The van der Waals surface area contributed by atoms with Crippen LogP contribution in [0.25, 0.3) is 0 Å². The van der Waals surface area contributed by atoms with Gasteiger partial charge in [0.15, 0.2) is 0 Å². The van der Waals surface area contributed by atoms with Crippen LogP contribution in [-0.4, -0.2) is 19.3 Å². The summed E-state index contributed by atoms with van der Waals surface area (Å²) in [5.41, 5.74) is 3.91. The lowest BCUT2D eigenvalue weighted by atomic mass is 10.1. The van der Waals surface area contributed by atoms with Gasteiger partial charge in [0.2, 0.25) is 0 Å². The van der Waals surface area contributed by atoms with Crippen molar-refractivity contribution in [3.05, 3.63) is 0 Å². The van der Waals surface area contributed by atoms with Crippen molar-refractivity contribution in [2.75, 3.05) is 13.7 Å². The Bertz CT molecular complexity index is 46.5. The number of methoxy groups -OCH3 is 1. The minimum atomic E-state index is 0.0781. The molecule has 0 fully saturated rings. The number of hydrogen-bond donors (Lipinski definition) is 1. The molecule has 0 radical (unpaired) electrons. The highest BCUT2D eigenvalue weighted by Crippen LogP contribution is 1.90. The van der Waals surface area contributed by atoms with E-state index in [1.807, 2.05) is 13.8 Å². The second kappa shape index (κ2) is 2.28. The van der Waals surface area contributed by atoms with Crippen LogP contribution >= 0.6 is 0 Å². The van der Waals surface area contributed by atoms with E-state index in [9.17, 15) is 0 Å². The third kappa shape index (κ3) is 5.92. The lowest BCUT2D eigenvalue weighted by Gasteiger charge is -2.11. The molecule has 0 atom stereocenters. The third-order valence-corrected chi connectivity index (χ3v) is 0.535. The molecule has 0 unspecified atom stereocenters. The second-order valence-electron chi connectivity index (χ2n) is 2.60. The Kier molecular flexibility index (Phi) is 2.26. The molecule has 0 heterocycles. The summed E-state index contributed by atoms with van der Waals surface area (Å²) in [7, 11) is 1.69. The van der Waals surface area contributed by atoms with Crippen molar-refractivity contribution in [2.24, 2.45) is 0 Å². The average Bonchev–Trinajstić information content (AvgIpc) is 1.30. The molecule has 0 aromatic rings. The summed E-state index contributed by atoms with van der Waals surface area (Å²) in [5.74, 6) is 0. The molecule has 0 amide bonds. The molecule has 0 aromatic carbocycles. The van der Waals surface area contributed by atoms with Crippen LogP contribution in [0.15, 0.2) is 0 Å². The second-order valence-corrected chi connectivity index (χ2v) is 2.60. The molecule has 0 aromatic heterocycles. The molecule has 0 aliphatic rings. The lowest BCUT2D eigenvalue weighted by molar-refractivity contribution is -0.471. The predicted octanol–water partition coefficient (Wildman–Crippen LogP) is -0.347. The standard InChI is InChI=1S/C5H13NO/c1-5(2,6)4-7-3/h4,6H2,1-3H3/p+1. The summed E-state index contributed by atoms with van der Waals surface area (Å²) in [6, 6.07) is 0. The van der Waals surface area contributed by atoms with Gasteiger partial charge < -0.3 is 10.5 Å². The molecular formula is C5H14NO+. The minimum Gasteiger partial charge on any atom is -0.378 e. The summed E-state index contributed by atoms with van der Waals surface area (Å²) < 4.78 is 4.84. The van der Waals surface area contributed by atoms with E-state index in [0.717, 1.165) is 6.61 Å². The van der Waals surface area contributed by atoms with E-state index in [0.29, 0.717) is 0 Å². The van der Waals surface area contributed by atoms with Gasteiger partial charge in [-0.15, -0.1) is 0 Å². The van der Waals surface area contributed by atoms with Gasteiger partial charge in [-0.1, -0.05) is 0 Å². The molecule has 0 saturated carbocycles. The van der Waals surface area contributed by atoms with Gasteiger partial charge in [0.1, 0.15) is 12.1 Å². The first-order chi connectivity index (χ1) is 3.06. The van der Waals surface area contributed by atoms with Crippen LogP contribution in [0.2, 0.25) is 0 Å². The highest BCUT2D eigenvalue weighted by atomic mass is 16.5. The van der Waals surface area contributed by atoms with Crippen LogP contribution in [0.4, 0.5) is 0 Å². The van der Waals surface area contributed by atoms with Gasteiger partial charge in [0.05, 0.1) is 0 Å². The Labute approximate surface area is 44.7 Å². The SMILES string of the molecule is COCC(C)(C)[NH3+]. The molecule has 2 nitrogen and oxygen atoms in total. The average molecular weight is 104 g/mol. The summed E-state index contributed by atoms with van der Waals surface area (Å²) in [4.78, 5) is 0. The van der Waals surface area contributed by atoms with Gasteiger partial charge in [0.25, 0.3) is 0 Å². The van der Waals surface area contributed by atoms with Gasteiger partial charge in [-0.25, -0.2) is 0 Å². The van der Waals surface area contributed by atoms with Crippen LogP contribution in [0.3, 0.4) is 0 Å². The topological polar surface area (TPSA) is 36.9 Å². The number of quaternary nitrogens is 1. The molecule has 0 saturated heterocycles. The summed E-state index contributed by atoms with van der Waals surface area (Å²) >= 11 is 0. The van der Waals surface area contributed by atoms with Crippen LogP contribution in [0.5, 0.6) is 0 Å². The fourth-order valence-electron chi connectivity index (χ4n) is 0.391. The Morgan fingerprint density at radius 2 is 2.00 bits per heavy atom. The van der Waals surface area contributed by atoms with Gasteiger partial charge in [-0.05, 0) is 13.8 Å². The summed E-state index contributed by atoms with van der Waals surface area (Å²) in [6.07, 6.45) is 0. The van der Waals surface area contributed by atoms with E-state index in [1.165, 1.54) is 0 Å². The molecular weight excluding hydrogens is 90.1 g/mol. The van der Waals surface area contributed by atoms with Crippen molar-refractivity contribution in [3.63, 3.8) is 0 Å². The van der Waals surface area contributed by atoms with Crippen molar-refractivity contribution in [1.29, 1.82) is 0 Å². The fourth-order valence-corrected chi connectivity index (χ4v) is 0.391. The first kappa shape index (κ1) is 6.92. The predicted molar refractivity (Wildman–Crippen MR) is 28.8 cm³/mol. The highest BCUT2D eigenvalue weighted by Gasteiger charge is 2.12. The van der Waals surface area contributed by atoms with Crippen molar-refractivity contribution >= 4 is 0 Å². The van der Waals surface area contributed by atoms with Crippen LogP contribution in [-0.2, 0) is 4.74 Å². The van der Waals surface area contributed by atoms with Crippen LogP contribution in [0.1, 0.15) is 13.8 Å². The van der Waals surface area contributed by atoms with E-state index < -0.39 is 0 Å². The smallest absolute Gasteiger partial charge is 0.112 e. The zero-order valence-electron chi connectivity index (χ0n) is 5.32. The number of hydrogen-bond acceptors (Lipinski definition) is 1. The Hall–Kier alpha value is -0.0800. The number of rotatable bonds is 2. The van der Waals surface area contributed by atoms with Crippen molar-refractivity contribution in [1.82, 2.24) is 0 Å². The first-order valence-electron chi connectivity index (χ1n) is 2.40. The normalized spacial score (nSPS) is 12.0. The van der Waals surface area contributed by atoms with Gasteiger partial charge >= 0.3 is 0 Å². The number of ether oxygens (including phenoxy) is 1. The van der Waals surface area contributed by atoms with Gasteiger partial charge in [-0.3, -0.25) is 0 Å². The van der Waals surface area contributed by atoms with E-state index >= 15 is 0 Å².